The van der Waals surface area contributed by atoms with E-state index in [1.807, 2.05) is 48.5 Å². The van der Waals surface area contributed by atoms with E-state index in [2.05, 4.69) is 78.2 Å². The van der Waals surface area contributed by atoms with E-state index < -0.39 is 6.04 Å². The number of carbonyl (C=O) groups is 2. The Balaban J connectivity index is 1.70. The second-order valence-corrected chi connectivity index (χ2v) is 14.5. The lowest BCUT2D eigenvalue weighted by Gasteiger charge is -2.35. The van der Waals surface area contributed by atoms with Gasteiger partial charge in [0.25, 0.3) is 0 Å². The molecule has 1 aliphatic carbocycles. The number of ketones is 2. The summed E-state index contributed by atoms with van der Waals surface area (Å²) in [4.78, 5) is 27.2. The zero-order chi connectivity index (χ0) is 29.9. The summed E-state index contributed by atoms with van der Waals surface area (Å²) in [6, 6.07) is 18.6. The van der Waals surface area contributed by atoms with Gasteiger partial charge in [0.2, 0.25) is 0 Å². The molecule has 5 rings (SSSR count). The first kappa shape index (κ1) is 28.7. The largest absolute Gasteiger partial charge is 0.507 e. The Morgan fingerprint density at radius 3 is 2.02 bits per heavy atom. The number of allylic oxidation sites excluding steroid dienone is 1. The average molecular weight is 551 g/mol. The Hall–Kier alpha value is -3.86. The molecule has 5 heteroatoms. The minimum absolute atomic E-state index is 0.0478. The van der Waals surface area contributed by atoms with Crippen molar-refractivity contribution in [1.82, 2.24) is 0 Å². The molecule has 0 radical (unpaired) electrons. The van der Waals surface area contributed by atoms with Crippen LogP contribution in [0.2, 0.25) is 0 Å². The lowest BCUT2D eigenvalue weighted by Crippen LogP contribution is -2.31. The van der Waals surface area contributed by atoms with Crippen LogP contribution >= 0.6 is 0 Å². The fraction of sp³-hybridized carbons (Fsp3) is 0.389. The molecule has 1 atom stereocenters. The Morgan fingerprint density at radius 2 is 1.44 bits per heavy atom. The zero-order valence-corrected chi connectivity index (χ0v) is 25.5. The van der Waals surface area contributed by atoms with Crippen LogP contribution in [0.1, 0.15) is 107 Å². The molecule has 3 N–H and O–H groups in total. The second-order valence-electron chi connectivity index (χ2n) is 14.5. The van der Waals surface area contributed by atoms with Gasteiger partial charge in [-0.3, -0.25) is 9.59 Å². The molecule has 0 saturated heterocycles. The van der Waals surface area contributed by atoms with Gasteiger partial charge in [-0.15, -0.1) is 0 Å². The first-order valence-corrected chi connectivity index (χ1v) is 14.5. The molecule has 0 fully saturated rings. The van der Waals surface area contributed by atoms with E-state index in [4.69, 9.17) is 0 Å². The molecule has 3 aromatic carbocycles. The van der Waals surface area contributed by atoms with Crippen LogP contribution < -0.4 is 10.6 Å². The normalized spacial score (nSPS) is 18.5. The van der Waals surface area contributed by atoms with E-state index in [1.165, 1.54) is 0 Å². The smallest absolute Gasteiger partial charge is 0.193 e. The van der Waals surface area contributed by atoms with Gasteiger partial charge in [0.05, 0.1) is 17.4 Å². The minimum atomic E-state index is -0.416. The van der Waals surface area contributed by atoms with Crippen molar-refractivity contribution in [2.45, 2.75) is 85.1 Å². The molecule has 0 amide bonds. The van der Waals surface area contributed by atoms with Crippen LogP contribution in [0.15, 0.2) is 71.9 Å². The SMILES string of the molecule is CC1(C)CC(=O)C2=C(C1)Nc1cc(C(=O)c3ccccc3)ccc1N[C@@H]2c1cc(C(C)(C)C)c(O)c(C(C)(C)C)c1. The summed E-state index contributed by atoms with van der Waals surface area (Å²) in [6.07, 6.45) is 1.16. The predicted molar refractivity (Wildman–Crippen MR) is 167 cm³/mol. The molecular weight excluding hydrogens is 508 g/mol. The van der Waals surface area contributed by atoms with Crippen molar-refractivity contribution in [1.29, 1.82) is 0 Å². The first-order valence-electron chi connectivity index (χ1n) is 14.5. The van der Waals surface area contributed by atoms with Crippen molar-refractivity contribution in [2.24, 2.45) is 5.41 Å². The molecular formula is C36H42N2O3. The first-order chi connectivity index (χ1) is 19.0. The van der Waals surface area contributed by atoms with Gasteiger partial charge in [-0.25, -0.2) is 0 Å². The van der Waals surface area contributed by atoms with Gasteiger partial charge in [0.1, 0.15) is 5.75 Å². The van der Waals surface area contributed by atoms with Crippen LogP contribution in [0.5, 0.6) is 5.75 Å². The topological polar surface area (TPSA) is 78.4 Å². The summed E-state index contributed by atoms with van der Waals surface area (Å²) in [7, 11) is 0. The Bertz CT molecular complexity index is 1530. The zero-order valence-electron chi connectivity index (χ0n) is 25.5. The minimum Gasteiger partial charge on any atom is -0.507 e. The van der Waals surface area contributed by atoms with Gasteiger partial charge in [0, 0.05) is 28.8 Å². The number of nitrogens with one attached hydrogen (secondary N) is 2. The number of phenols is 1. The summed E-state index contributed by atoms with van der Waals surface area (Å²) in [6.45, 7) is 16.8. The molecule has 0 unspecified atom stereocenters. The van der Waals surface area contributed by atoms with Crippen LogP contribution in [-0.4, -0.2) is 16.7 Å². The Labute approximate surface area is 244 Å². The molecule has 0 saturated carbocycles. The summed E-state index contributed by atoms with van der Waals surface area (Å²) in [5.41, 5.74) is 6.27. The number of anilines is 2. The van der Waals surface area contributed by atoms with Gasteiger partial charge in [-0.05, 0) is 69.7 Å². The standard InChI is InChI=1S/C36H42N2O3/c1-34(2,3)24-16-23(17-25(33(24)41)35(4,5)6)31-30-28(19-36(7,8)20-29(30)39)37-27-18-22(14-15-26(27)38-31)32(40)21-12-10-9-11-13-21/h9-18,31,37-38,41H,19-20H2,1-8H3/t31-/m1/s1. The molecule has 0 spiro atoms. The number of hydrogen-bond donors (Lipinski definition) is 3. The number of benzene rings is 3. The van der Waals surface area contributed by atoms with Crippen molar-refractivity contribution in [3.05, 3.63) is 99.8 Å². The van der Waals surface area contributed by atoms with Crippen molar-refractivity contribution in [3.63, 3.8) is 0 Å². The molecule has 0 bridgehead atoms. The van der Waals surface area contributed by atoms with Gasteiger partial charge in [-0.1, -0.05) is 85.7 Å². The second kappa shape index (κ2) is 9.90. The van der Waals surface area contributed by atoms with Crippen LogP contribution in [-0.2, 0) is 15.6 Å². The molecule has 1 aliphatic heterocycles. The highest BCUT2D eigenvalue weighted by atomic mass is 16.3. The number of aromatic hydroxyl groups is 1. The van der Waals surface area contributed by atoms with Crippen molar-refractivity contribution in [3.8, 4) is 5.75 Å². The fourth-order valence-corrected chi connectivity index (χ4v) is 6.06. The van der Waals surface area contributed by atoms with Gasteiger partial charge in [-0.2, -0.15) is 0 Å². The molecule has 214 valence electrons. The lowest BCUT2D eigenvalue weighted by molar-refractivity contribution is -0.118. The predicted octanol–water partition coefficient (Wildman–Crippen LogP) is 8.44. The number of Topliss-reactive ketones (excluding diaryl/α,β-unsaturated/α-hetero) is 1. The van der Waals surface area contributed by atoms with Gasteiger partial charge < -0.3 is 15.7 Å². The number of rotatable bonds is 3. The fourth-order valence-electron chi connectivity index (χ4n) is 6.06. The summed E-state index contributed by atoms with van der Waals surface area (Å²) < 4.78 is 0. The van der Waals surface area contributed by atoms with Crippen LogP contribution in [0, 0.1) is 5.41 Å². The van der Waals surface area contributed by atoms with E-state index in [9.17, 15) is 14.7 Å². The third-order valence-electron chi connectivity index (χ3n) is 8.19. The molecule has 1 heterocycles. The Morgan fingerprint density at radius 1 is 0.829 bits per heavy atom. The number of phenolic OH excluding ortho intramolecular Hbond substituents is 1. The van der Waals surface area contributed by atoms with Gasteiger partial charge in [0.15, 0.2) is 11.6 Å². The quantitative estimate of drug-likeness (QED) is 0.285. The number of fused-ring (bicyclic) bond motifs is 1. The molecule has 41 heavy (non-hydrogen) atoms. The monoisotopic (exact) mass is 550 g/mol. The van der Waals surface area contributed by atoms with Crippen molar-refractivity contribution < 1.29 is 14.7 Å². The molecule has 5 nitrogen and oxygen atoms in total. The highest BCUT2D eigenvalue weighted by Crippen LogP contribution is 2.48. The molecule has 3 aromatic rings. The van der Waals surface area contributed by atoms with Crippen LogP contribution in [0.25, 0.3) is 0 Å². The highest BCUT2D eigenvalue weighted by molar-refractivity contribution is 6.10. The van der Waals surface area contributed by atoms with Crippen molar-refractivity contribution in [2.75, 3.05) is 10.6 Å². The van der Waals surface area contributed by atoms with Crippen LogP contribution in [0.4, 0.5) is 11.4 Å². The van der Waals surface area contributed by atoms with E-state index >= 15 is 0 Å². The van der Waals surface area contributed by atoms with Crippen LogP contribution in [0.3, 0.4) is 0 Å². The van der Waals surface area contributed by atoms with Crippen molar-refractivity contribution >= 4 is 22.9 Å². The van der Waals surface area contributed by atoms with Gasteiger partial charge >= 0.3 is 0 Å². The van der Waals surface area contributed by atoms with E-state index in [1.54, 1.807) is 0 Å². The number of carbonyl (C=O) groups excluding carboxylic acids is 2. The molecule has 0 aromatic heterocycles. The summed E-state index contributed by atoms with van der Waals surface area (Å²) in [5.74, 6) is 0.376. The maximum absolute atomic E-state index is 13.9. The number of hydrogen-bond acceptors (Lipinski definition) is 5. The lowest BCUT2D eigenvalue weighted by atomic mass is 9.72. The maximum atomic E-state index is 13.9. The summed E-state index contributed by atoms with van der Waals surface area (Å²) in [5, 5.41) is 18.7. The maximum Gasteiger partial charge on any atom is 0.193 e. The van der Waals surface area contributed by atoms with E-state index in [0.29, 0.717) is 29.7 Å². The molecule has 2 aliphatic rings. The average Bonchev–Trinajstić information content (AvgIpc) is 3.02. The van der Waals surface area contributed by atoms with E-state index in [0.717, 1.165) is 39.3 Å². The summed E-state index contributed by atoms with van der Waals surface area (Å²) >= 11 is 0. The Kier molecular flexibility index (Phi) is 6.92. The van der Waals surface area contributed by atoms with E-state index in [-0.39, 0.29) is 27.8 Å². The third-order valence-corrected chi connectivity index (χ3v) is 8.19. The highest BCUT2D eigenvalue weighted by Gasteiger charge is 2.40. The third kappa shape index (κ3) is 5.55.